The van der Waals surface area contributed by atoms with Crippen molar-refractivity contribution in [3.63, 3.8) is 0 Å². The number of nitrogens with one attached hydrogen (secondary N) is 1. The third-order valence-corrected chi connectivity index (χ3v) is 2.78. The molecule has 0 aliphatic rings. The summed E-state index contributed by atoms with van der Waals surface area (Å²) >= 11 is 0. The highest BCUT2D eigenvalue weighted by atomic mass is 19.4. The average molecular weight is 284 g/mol. The van der Waals surface area contributed by atoms with E-state index in [1.54, 1.807) is 6.92 Å². The van der Waals surface area contributed by atoms with Crippen LogP contribution in [-0.2, 0) is 6.18 Å². The van der Waals surface area contributed by atoms with Gasteiger partial charge in [0.1, 0.15) is 5.75 Å². The van der Waals surface area contributed by atoms with Gasteiger partial charge in [0.05, 0.1) is 18.4 Å². The maximum atomic E-state index is 12.7. The van der Waals surface area contributed by atoms with Crippen molar-refractivity contribution in [2.75, 3.05) is 7.11 Å². The van der Waals surface area contributed by atoms with E-state index in [1.807, 2.05) is 0 Å². The summed E-state index contributed by atoms with van der Waals surface area (Å²) in [7, 11) is 1.28. The standard InChI is InChI=1S/C13H11F3N2O2/c1-7-5-11(19)17-18-12(7)9-4-3-8(13(14,15)16)6-10(9)20-2/h3-6H,1-2H3,(H,17,19). The molecule has 0 saturated heterocycles. The average Bonchev–Trinajstić information content (AvgIpc) is 2.37. The van der Waals surface area contributed by atoms with Gasteiger partial charge in [0.25, 0.3) is 5.56 Å². The van der Waals surface area contributed by atoms with Gasteiger partial charge in [-0.2, -0.15) is 18.3 Å². The Balaban J connectivity index is 2.60. The number of hydrogen-bond acceptors (Lipinski definition) is 3. The van der Waals surface area contributed by atoms with E-state index in [9.17, 15) is 18.0 Å². The number of nitrogens with zero attached hydrogens (tertiary/aromatic N) is 1. The highest BCUT2D eigenvalue weighted by Crippen LogP contribution is 2.36. The number of rotatable bonds is 2. The van der Waals surface area contributed by atoms with Gasteiger partial charge >= 0.3 is 6.18 Å². The Morgan fingerprint density at radius 2 is 1.95 bits per heavy atom. The Morgan fingerprint density at radius 1 is 1.25 bits per heavy atom. The van der Waals surface area contributed by atoms with Crippen LogP contribution in [-0.4, -0.2) is 17.3 Å². The number of halogens is 3. The summed E-state index contributed by atoms with van der Waals surface area (Å²) in [5.41, 5.74) is 0.119. The van der Waals surface area contributed by atoms with Crippen LogP contribution in [0, 0.1) is 6.92 Å². The van der Waals surface area contributed by atoms with Crippen molar-refractivity contribution < 1.29 is 17.9 Å². The zero-order valence-electron chi connectivity index (χ0n) is 10.7. The van der Waals surface area contributed by atoms with Gasteiger partial charge in [-0.3, -0.25) is 4.79 Å². The maximum Gasteiger partial charge on any atom is 0.416 e. The molecule has 2 rings (SSSR count). The highest BCUT2D eigenvalue weighted by Gasteiger charge is 2.31. The van der Waals surface area contributed by atoms with Crippen molar-refractivity contribution in [1.29, 1.82) is 0 Å². The summed E-state index contributed by atoms with van der Waals surface area (Å²) in [5, 5.41) is 6.10. The first-order valence-electron chi connectivity index (χ1n) is 5.65. The first kappa shape index (κ1) is 14.1. The van der Waals surface area contributed by atoms with Gasteiger partial charge in [-0.15, -0.1) is 0 Å². The minimum Gasteiger partial charge on any atom is -0.496 e. The fraction of sp³-hybridized carbons (Fsp3) is 0.231. The number of aromatic nitrogens is 2. The van der Waals surface area contributed by atoms with Crippen LogP contribution in [0.3, 0.4) is 0 Å². The molecule has 1 heterocycles. The number of H-pyrrole nitrogens is 1. The quantitative estimate of drug-likeness (QED) is 0.922. The second-order valence-electron chi connectivity index (χ2n) is 4.18. The van der Waals surface area contributed by atoms with Crippen LogP contribution in [0.1, 0.15) is 11.1 Å². The molecule has 0 aliphatic carbocycles. The lowest BCUT2D eigenvalue weighted by atomic mass is 10.0. The van der Waals surface area contributed by atoms with Crippen LogP contribution in [0.15, 0.2) is 29.1 Å². The summed E-state index contributed by atoms with van der Waals surface area (Å²) in [4.78, 5) is 11.1. The SMILES string of the molecule is COc1cc(C(F)(F)F)ccc1-c1n[nH]c(=O)cc1C. The lowest BCUT2D eigenvalue weighted by Gasteiger charge is -2.13. The van der Waals surface area contributed by atoms with Crippen molar-refractivity contribution in [2.24, 2.45) is 0 Å². The number of aryl methyl sites for hydroxylation is 1. The van der Waals surface area contributed by atoms with E-state index in [2.05, 4.69) is 10.2 Å². The van der Waals surface area contributed by atoms with Crippen LogP contribution in [0.25, 0.3) is 11.3 Å². The van der Waals surface area contributed by atoms with E-state index in [1.165, 1.54) is 19.2 Å². The molecule has 20 heavy (non-hydrogen) atoms. The summed E-state index contributed by atoms with van der Waals surface area (Å²) in [5.74, 6) is 0.0440. The van der Waals surface area contributed by atoms with Crippen molar-refractivity contribution in [1.82, 2.24) is 10.2 Å². The van der Waals surface area contributed by atoms with E-state index in [4.69, 9.17) is 4.74 Å². The zero-order chi connectivity index (χ0) is 14.9. The van der Waals surface area contributed by atoms with E-state index < -0.39 is 11.7 Å². The third-order valence-electron chi connectivity index (χ3n) is 2.78. The molecule has 0 aliphatic heterocycles. The molecule has 7 heteroatoms. The van der Waals surface area contributed by atoms with Gasteiger partial charge in [0.15, 0.2) is 0 Å². The van der Waals surface area contributed by atoms with E-state index in [-0.39, 0.29) is 11.3 Å². The molecule has 0 radical (unpaired) electrons. The molecular formula is C13H11F3N2O2. The van der Waals surface area contributed by atoms with E-state index in [0.29, 0.717) is 16.8 Å². The van der Waals surface area contributed by atoms with Gasteiger partial charge in [-0.25, -0.2) is 5.10 Å². The van der Waals surface area contributed by atoms with Crippen LogP contribution in [0.4, 0.5) is 13.2 Å². The number of alkyl halides is 3. The third kappa shape index (κ3) is 2.66. The molecule has 2 aromatic rings. The van der Waals surface area contributed by atoms with Crippen molar-refractivity contribution in [3.8, 4) is 17.0 Å². The lowest BCUT2D eigenvalue weighted by molar-refractivity contribution is -0.137. The second-order valence-corrected chi connectivity index (χ2v) is 4.18. The second kappa shape index (κ2) is 4.99. The van der Waals surface area contributed by atoms with Gasteiger partial charge in [-0.05, 0) is 30.7 Å². The molecule has 0 atom stereocenters. The Labute approximate surface area is 112 Å². The molecule has 1 N–H and O–H groups in total. The summed E-state index contributed by atoms with van der Waals surface area (Å²) in [6, 6.07) is 4.44. The number of aromatic amines is 1. The van der Waals surface area contributed by atoms with Crippen LogP contribution in [0.2, 0.25) is 0 Å². The number of hydrogen-bond donors (Lipinski definition) is 1. The predicted molar refractivity (Wildman–Crippen MR) is 66.6 cm³/mol. The van der Waals surface area contributed by atoms with E-state index >= 15 is 0 Å². The highest BCUT2D eigenvalue weighted by molar-refractivity contribution is 5.70. The van der Waals surface area contributed by atoms with Crippen molar-refractivity contribution in [3.05, 3.63) is 45.7 Å². The van der Waals surface area contributed by atoms with Crippen LogP contribution < -0.4 is 10.3 Å². The molecule has 0 unspecified atom stereocenters. The molecule has 0 bridgehead atoms. The van der Waals surface area contributed by atoms with Gasteiger partial charge in [-0.1, -0.05) is 0 Å². The molecule has 4 nitrogen and oxygen atoms in total. The molecule has 0 saturated carbocycles. The van der Waals surface area contributed by atoms with Gasteiger partial charge in [0.2, 0.25) is 0 Å². The molecule has 0 amide bonds. The molecular weight excluding hydrogens is 273 g/mol. The fourth-order valence-electron chi connectivity index (χ4n) is 1.83. The molecule has 1 aromatic carbocycles. The Kier molecular flexibility index (Phi) is 3.52. The predicted octanol–water partition coefficient (Wildman–Crippen LogP) is 2.77. The smallest absolute Gasteiger partial charge is 0.416 e. The Bertz CT molecular complexity index is 693. The van der Waals surface area contributed by atoms with E-state index in [0.717, 1.165) is 12.1 Å². The largest absolute Gasteiger partial charge is 0.496 e. The van der Waals surface area contributed by atoms with Gasteiger partial charge in [0, 0.05) is 11.6 Å². The Morgan fingerprint density at radius 3 is 2.50 bits per heavy atom. The fourth-order valence-corrected chi connectivity index (χ4v) is 1.83. The number of methoxy groups -OCH3 is 1. The molecule has 0 spiro atoms. The first-order valence-corrected chi connectivity index (χ1v) is 5.65. The zero-order valence-corrected chi connectivity index (χ0v) is 10.7. The van der Waals surface area contributed by atoms with Crippen LogP contribution in [0.5, 0.6) is 5.75 Å². The summed E-state index contributed by atoms with van der Waals surface area (Å²) in [6.07, 6.45) is -4.45. The summed E-state index contributed by atoms with van der Waals surface area (Å²) in [6.45, 7) is 1.65. The van der Waals surface area contributed by atoms with Crippen molar-refractivity contribution in [2.45, 2.75) is 13.1 Å². The van der Waals surface area contributed by atoms with Crippen LogP contribution >= 0.6 is 0 Å². The Hall–Kier alpha value is -2.31. The molecule has 106 valence electrons. The minimum absolute atomic E-state index is 0.0440. The number of ether oxygens (including phenoxy) is 1. The summed E-state index contributed by atoms with van der Waals surface area (Å²) < 4.78 is 42.9. The number of benzene rings is 1. The molecule has 1 aromatic heterocycles. The first-order chi connectivity index (χ1) is 9.32. The van der Waals surface area contributed by atoms with Gasteiger partial charge < -0.3 is 4.74 Å². The maximum absolute atomic E-state index is 12.7. The normalized spacial score (nSPS) is 11.4. The lowest BCUT2D eigenvalue weighted by Crippen LogP contribution is -2.09. The molecule has 0 fully saturated rings. The minimum atomic E-state index is -4.45. The monoisotopic (exact) mass is 284 g/mol. The van der Waals surface area contributed by atoms with Crippen molar-refractivity contribution >= 4 is 0 Å². The topological polar surface area (TPSA) is 55.0 Å².